The maximum atomic E-state index is 11.8. The molecule has 1 amide bonds. The van der Waals surface area contributed by atoms with Crippen molar-refractivity contribution in [2.75, 3.05) is 13.6 Å². The monoisotopic (exact) mass is 380 g/mol. The number of nitrogens with zero attached hydrogens (tertiary/aromatic N) is 2. The molecule has 1 aliphatic rings. The average molecular weight is 380 g/mol. The summed E-state index contributed by atoms with van der Waals surface area (Å²) in [5.74, 6) is 5.01. The van der Waals surface area contributed by atoms with Crippen molar-refractivity contribution in [3.8, 4) is 17.5 Å². The lowest BCUT2D eigenvalue weighted by Crippen LogP contribution is -2.32. The van der Waals surface area contributed by atoms with Gasteiger partial charge in [-0.2, -0.15) is 5.10 Å². The highest BCUT2D eigenvalue weighted by atomic mass is 16.3. The van der Waals surface area contributed by atoms with Crippen molar-refractivity contribution in [2.24, 2.45) is 5.73 Å². The lowest BCUT2D eigenvalue weighted by Gasteiger charge is -2.14. The molecule has 1 aliphatic carbocycles. The Balaban J connectivity index is 1.96. The number of nitrogens with one attached hydrogen (secondary N) is 1. The van der Waals surface area contributed by atoms with Gasteiger partial charge in [0, 0.05) is 23.2 Å². The number of fused-ring (bicyclic) bond motifs is 1. The molecule has 7 nitrogen and oxygen atoms in total. The first-order chi connectivity index (χ1) is 13.5. The van der Waals surface area contributed by atoms with Gasteiger partial charge in [0.25, 0.3) is 5.91 Å². The van der Waals surface area contributed by atoms with E-state index in [2.05, 4.69) is 22.3 Å². The molecule has 1 heterocycles. The zero-order valence-electron chi connectivity index (χ0n) is 15.9. The first-order valence-electron chi connectivity index (χ1n) is 9.35. The molecule has 0 bridgehead atoms. The SMILES string of the molecule is CNCC[C@@](O)(C#Cc1cccc(-n2nc(C(N)=O)c3c2CCCC3)c1)C=O. The predicted molar refractivity (Wildman–Crippen MR) is 105 cm³/mol. The summed E-state index contributed by atoms with van der Waals surface area (Å²) in [4.78, 5) is 23.0. The smallest absolute Gasteiger partial charge is 0.269 e. The van der Waals surface area contributed by atoms with Gasteiger partial charge in [-0.1, -0.05) is 17.9 Å². The number of nitrogens with two attached hydrogens (primary N) is 1. The summed E-state index contributed by atoms with van der Waals surface area (Å²) in [6.07, 6.45) is 4.35. The van der Waals surface area contributed by atoms with E-state index in [0.717, 1.165) is 42.6 Å². The molecule has 1 aromatic carbocycles. The molecular formula is C21H24N4O3. The third-order valence-corrected chi connectivity index (χ3v) is 4.88. The number of hydrogen-bond acceptors (Lipinski definition) is 5. The number of carbonyl (C=O) groups is 2. The van der Waals surface area contributed by atoms with E-state index in [1.54, 1.807) is 17.8 Å². The van der Waals surface area contributed by atoms with E-state index in [1.165, 1.54) is 0 Å². The van der Waals surface area contributed by atoms with E-state index >= 15 is 0 Å². The number of amides is 1. The number of carbonyl (C=O) groups excluding carboxylic acids is 2. The van der Waals surface area contributed by atoms with Crippen molar-refractivity contribution in [1.82, 2.24) is 15.1 Å². The molecule has 0 unspecified atom stereocenters. The topological polar surface area (TPSA) is 110 Å². The molecule has 0 saturated heterocycles. The molecule has 146 valence electrons. The molecule has 0 fully saturated rings. The molecule has 7 heteroatoms. The summed E-state index contributed by atoms with van der Waals surface area (Å²) in [7, 11) is 1.74. The molecule has 0 radical (unpaired) electrons. The number of aldehydes is 1. The van der Waals surface area contributed by atoms with E-state index in [0.29, 0.717) is 24.1 Å². The Bertz CT molecular complexity index is 954. The Labute approximate surface area is 163 Å². The lowest BCUT2D eigenvalue weighted by atomic mass is 9.95. The third-order valence-electron chi connectivity index (χ3n) is 4.88. The molecule has 0 aliphatic heterocycles. The van der Waals surface area contributed by atoms with Crippen LogP contribution in [0.2, 0.25) is 0 Å². The fourth-order valence-electron chi connectivity index (χ4n) is 3.37. The van der Waals surface area contributed by atoms with Crippen molar-refractivity contribution in [2.45, 2.75) is 37.7 Å². The van der Waals surface area contributed by atoms with Crippen LogP contribution < -0.4 is 11.1 Å². The molecule has 4 N–H and O–H groups in total. The minimum Gasteiger partial charge on any atom is -0.371 e. The molecule has 3 rings (SSSR count). The minimum absolute atomic E-state index is 0.203. The molecule has 28 heavy (non-hydrogen) atoms. The van der Waals surface area contributed by atoms with Crippen LogP contribution in [-0.2, 0) is 17.6 Å². The average Bonchev–Trinajstić information content (AvgIpc) is 3.11. The van der Waals surface area contributed by atoms with Gasteiger partial charge in [-0.25, -0.2) is 4.68 Å². The van der Waals surface area contributed by atoms with E-state index in [9.17, 15) is 14.7 Å². The molecule has 1 aromatic heterocycles. The summed E-state index contributed by atoms with van der Waals surface area (Å²) in [6, 6.07) is 7.33. The van der Waals surface area contributed by atoms with Gasteiger partial charge < -0.3 is 16.2 Å². The molecule has 1 atom stereocenters. The third kappa shape index (κ3) is 4.14. The first-order valence-corrected chi connectivity index (χ1v) is 9.35. The quantitative estimate of drug-likeness (QED) is 0.506. The van der Waals surface area contributed by atoms with Crippen LogP contribution in [-0.4, -0.2) is 46.3 Å². The molecular weight excluding hydrogens is 356 g/mol. The van der Waals surface area contributed by atoms with Crippen LogP contribution in [0.15, 0.2) is 24.3 Å². The number of primary amides is 1. The second kappa shape index (κ2) is 8.38. The highest BCUT2D eigenvalue weighted by Crippen LogP contribution is 2.27. The molecule has 0 saturated carbocycles. The van der Waals surface area contributed by atoms with Crippen LogP contribution in [0.25, 0.3) is 5.69 Å². The maximum absolute atomic E-state index is 11.8. The van der Waals surface area contributed by atoms with E-state index in [-0.39, 0.29) is 6.42 Å². The minimum atomic E-state index is -1.69. The molecule has 2 aromatic rings. The summed E-state index contributed by atoms with van der Waals surface area (Å²) in [5.41, 5.74) is 7.48. The Morgan fingerprint density at radius 1 is 1.43 bits per heavy atom. The van der Waals surface area contributed by atoms with E-state index in [4.69, 9.17) is 5.73 Å². The van der Waals surface area contributed by atoms with Crippen LogP contribution in [0.1, 0.15) is 46.6 Å². The number of hydrogen-bond donors (Lipinski definition) is 3. The van der Waals surface area contributed by atoms with Gasteiger partial charge in [-0.15, -0.1) is 0 Å². The first kappa shape index (κ1) is 19.8. The van der Waals surface area contributed by atoms with Gasteiger partial charge in [0.1, 0.15) is 0 Å². The number of rotatable bonds is 6. The highest BCUT2D eigenvalue weighted by Gasteiger charge is 2.24. The predicted octanol–water partition coefficient (Wildman–Crippen LogP) is 0.741. The van der Waals surface area contributed by atoms with Gasteiger partial charge in [-0.05, 0) is 57.5 Å². The fourth-order valence-corrected chi connectivity index (χ4v) is 3.37. The van der Waals surface area contributed by atoms with Gasteiger partial charge in [0.05, 0.1) is 5.69 Å². The van der Waals surface area contributed by atoms with Crippen molar-refractivity contribution in [3.63, 3.8) is 0 Å². The van der Waals surface area contributed by atoms with Crippen molar-refractivity contribution >= 4 is 12.2 Å². The van der Waals surface area contributed by atoms with Crippen LogP contribution in [0.3, 0.4) is 0 Å². The number of benzene rings is 1. The highest BCUT2D eigenvalue weighted by molar-refractivity contribution is 5.92. The zero-order valence-corrected chi connectivity index (χ0v) is 15.9. The lowest BCUT2D eigenvalue weighted by molar-refractivity contribution is -0.119. The largest absolute Gasteiger partial charge is 0.371 e. The van der Waals surface area contributed by atoms with Gasteiger partial charge in [0.15, 0.2) is 17.6 Å². The fraction of sp³-hybridized carbons (Fsp3) is 0.381. The van der Waals surface area contributed by atoms with Crippen LogP contribution >= 0.6 is 0 Å². The normalized spacial score (nSPS) is 15.1. The Morgan fingerprint density at radius 3 is 2.93 bits per heavy atom. The maximum Gasteiger partial charge on any atom is 0.269 e. The Morgan fingerprint density at radius 2 is 2.21 bits per heavy atom. The van der Waals surface area contributed by atoms with Gasteiger partial charge in [-0.3, -0.25) is 9.59 Å². The van der Waals surface area contributed by atoms with Gasteiger partial charge >= 0.3 is 0 Å². The summed E-state index contributed by atoms with van der Waals surface area (Å²) in [6.45, 7) is 0.472. The van der Waals surface area contributed by atoms with Crippen LogP contribution in [0, 0.1) is 11.8 Å². The van der Waals surface area contributed by atoms with E-state index < -0.39 is 11.5 Å². The van der Waals surface area contributed by atoms with Gasteiger partial charge in [0.2, 0.25) is 0 Å². The van der Waals surface area contributed by atoms with Crippen LogP contribution in [0.5, 0.6) is 0 Å². The summed E-state index contributed by atoms with van der Waals surface area (Å²) in [5, 5.41) is 17.6. The van der Waals surface area contributed by atoms with Crippen molar-refractivity contribution in [3.05, 3.63) is 46.8 Å². The Hall–Kier alpha value is -2.95. The number of aromatic nitrogens is 2. The second-order valence-electron chi connectivity index (χ2n) is 6.95. The standard InChI is InChI=1S/C21H24N4O3/c1-23-12-11-21(28,14-26)10-9-15-5-4-6-16(13-15)25-18-8-3-2-7-17(18)19(24-25)20(22)27/h4-6,13-14,23,28H,2-3,7-8,11-12H2,1H3,(H2,22,27)/t21-/m0/s1. The summed E-state index contributed by atoms with van der Waals surface area (Å²) >= 11 is 0. The number of aliphatic hydroxyl groups is 1. The second-order valence-corrected chi connectivity index (χ2v) is 6.95. The Kier molecular flexibility index (Phi) is 5.93. The summed E-state index contributed by atoms with van der Waals surface area (Å²) < 4.78 is 1.76. The van der Waals surface area contributed by atoms with Crippen LogP contribution in [0.4, 0.5) is 0 Å². The van der Waals surface area contributed by atoms with Crippen molar-refractivity contribution in [1.29, 1.82) is 0 Å². The molecule has 0 spiro atoms. The van der Waals surface area contributed by atoms with E-state index in [1.807, 2.05) is 18.2 Å². The zero-order chi connectivity index (χ0) is 20.1. The van der Waals surface area contributed by atoms with Crippen molar-refractivity contribution < 1.29 is 14.7 Å².